The minimum Gasteiger partial charge on any atom is -0.444 e. The second-order valence-corrected chi connectivity index (χ2v) is 11.4. The molecule has 12 heteroatoms. The number of rotatable bonds is 3. The first kappa shape index (κ1) is 26.4. The fraction of sp³-hybridized carbons (Fsp3) is 0.409. The van der Waals surface area contributed by atoms with Crippen molar-refractivity contribution >= 4 is 34.2 Å². The van der Waals surface area contributed by atoms with E-state index >= 15 is 0 Å². The molecule has 1 unspecified atom stereocenters. The van der Waals surface area contributed by atoms with Crippen molar-refractivity contribution in [3.8, 4) is 11.1 Å². The molecule has 0 saturated carbocycles. The minimum atomic E-state index is -4.66. The molecule has 1 aliphatic rings. The molecular weight excluding hydrogens is 495 g/mol. The Labute approximate surface area is 202 Å². The van der Waals surface area contributed by atoms with Crippen LogP contribution in [0.5, 0.6) is 0 Å². The average molecular weight is 523 g/mol. The molecule has 2 aromatic carbocycles. The summed E-state index contributed by atoms with van der Waals surface area (Å²) in [6.45, 7) is 6.36. The first-order valence-electron chi connectivity index (χ1n) is 10.4. The number of hydrogen-bond acceptors (Lipinski definition) is 5. The second kappa shape index (κ2) is 9.46. The molecular formula is C22H28ClF3N3O4S+. The van der Waals surface area contributed by atoms with Gasteiger partial charge in [-0.2, -0.15) is 17.5 Å². The van der Waals surface area contributed by atoms with E-state index in [0.29, 0.717) is 0 Å². The molecule has 1 heterocycles. The SMILES string of the molecule is CC(C)(C)OC(=O)N1CCN(S(O)([OH2+])c2ccc(-c3c(Cl)cc(N)cc3C(F)(F)F)cc2)CC1. The van der Waals surface area contributed by atoms with Gasteiger partial charge in [-0.05, 0) is 61.4 Å². The average Bonchev–Trinajstić information content (AvgIpc) is 2.71. The number of amides is 1. The lowest BCUT2D eigenvalue weighted by molar-refractivity contribution is -0.137. The van der Waals surface area contributed by atoms with Gasteiger partial charge in [-0.25, -0.2) is 9.35 Å². The number of nitrogen functional groups attached to an aromatic ring is 1. The number of carbonyl (C=O) groups excluding carboxylic acids is 1. The predicted octanol–water partition coefficient (Wildman–Crippen LogP) is 5.35. The smallest absolute Gasteiger partial charge is 0.417 e. The molecule has 0 aromatic heterocycles. The van der Waals surface area contributed by atoms with E-state index in [1.54, 1.807) is 25.1 Å². The minimum absolute atomic E-state index is 0.104. The highest BCUT2D eigenvalue weighted by Gasteiger charge is 2.37. The van der Waals surface area contributed by atoms with E-state index < -0.39 is 34.2 Å². The maximum absolute atomic E-state index is 13.6. The number of carbonyl (C=O) groups is 1. The highest BCUT2D eigenvalue weighted by atomic mass is 35.5. The van der Waals surface area contributed by atoms with Crippen molar-refractivity contribution in [2.45, 2.75) is 37.4 Å². The van der Waals surface area contributed by atoms with Gasteiger partial charge in [-0.15, -0.1) is 0 Å². The number of nitrogens with two attached hydrogens (primary N) is 1. The van der Waals surface area contributed by atoms with Crippen LogP contribution in [0, 0.1) is 0 Å². The monoisotopic (exact) mass is 522 g/mol. The van der Waals surface area contributed by atoms with Crippen LogP contribution in [-0.2, 0) is 10.9 Å². The van der Waals surface area contributed by atoms with Crippen LogP contribution in [0.1, 0.15) is 26.3 Å². The van der Waals surface area contributed by atoms with E-state index in [1.165, 1.54) is 35.2 Å². The number of benzene rings is 2. The quantitative estimate of drug-likeness (QED) is 0.418. The molecule has 0 radical (unpaired) electrons. The molecule has 7 nitrogen and oxygen atoms in total. The molecule has 188 valence electrons. The Balaban J connectivity index is 1.79. The molecule has 5 N–H and O–H groups in total. The van der Waals surface area contributed by atoms with Crippen LogP contribution in [0.2, 0.25) is 5.02 Å². The van der Waals surface area contributed by atoms with E-state index in [9.17, 15) is 22.5 Å². The number of halogens is 4. The van der Waals surface area contributed by atoms with Crippen molar-refractivity contribution in [1.82, 2.24) is 9.21 Å². The summed E-state index contributed by atoms with van der Waals surface area (Å²) in [7, 11) is -3.17. The lowest BCUT2D eigenvalue weighted by Crippen LogP contribution is -2.50. The van der Waals surface area contributed by atoms with E-state index in [0.717, 1.165) is 6.07 Å². The number of alkyl halides is 3. The maximum Gasteiger partial charge on any atom is 0.417 e. The third-order valence-electron chi connectivity index (χ3n) is 5.15. The second-order valence-electron chi connectivity index (χ2n) is 8.89. The number of piperazine rings is 1. The summed E-state index contributed by atoms with van der Waals surface area (Å²) < 4.78 is 67.1. The highest BCUT2D eigenvalue weighted by molar-refractivity contribution is 8.22. The van der Waals surface area contributed by atoms with Crippen LogP contribution in [0.4, 0.5) is 23.7 Å². The topological polar surface area (TPSA) is 102 Å². The highest BCUT2D eigenvalue weighted by Crippen LogP contribution is 2.52. The fourth-order valence-electron chi connectivity index (χ4n) is 3.57. The molecule has 1 atom stereocenters. The third-order valence-corrected chi connectivity index (χ3v) is 7.49. The van der Waals surface area contributed by atoms with Crippen LogP contribution in [-0.4, -0.2) is 56.2 Å². The van der Waals surface area contributed by atoms with Crippen molar-refractivity contribution in [3.05, 3.63) is 47.0 Å². The Bertz CT molecular complexity index is 1050. The largest absolute Gasteiger partial charge is 0.444 e. The van der Waals surface area contributed by atoms with Crippen molar-refractivity contribution in [2.24, 2.45) is 0 Å². The Morgan fingerprint density at radius 2 is 1.68 bits per heavy atom. The molecule has 1 amide bonds. The molecule has 0 spiro atoms. The summed E-state index contributed by atoms with van der Waals surface area (Å²) in [5.41, 5.74) is 3.82. The Morgan fingerprint density at radius 3 is 2.18 bits per heavy atom. The van der Waals surface area contributed by atoms with Gasteiger partial charge < -0.3 is 19.9 Å². The Kier molecular flexibility index (Phi) is 7.35. The molecule has 1 aliphatic heterocycles. The van der Waals surface area contributed by atoms with Crippen LogP contribution >= 0.6 is 22.4 Å². The summed E-state index contributed by atoms with van der Waals surface area (Å²) in [4.78, 5) is 14.0. The summed E-state index contributed by atoms with van der Waals surface area (Å²) >= 11 is 6.09. The van der Waals surface area contributed by atoms with Crippen LogP contribution in [0.3, 0.4) is 0 Å². The number of nitrogens with zero attached hydrogens (tertiary/aromatic N) is 2. The summed E-state index contributed by atoms with van der Waals surface area (Å²) in [6, 6.07) is 7.70. The molecule has 0 aliphatic carbocycles. The zero-order chi connectivity index (χ0) is 25.5. The van der Waals surface area contributed by atoms with E-state index in [4.69, 9.17) is 26.6 Å². The first-order valence-corrected chi connectivity index (χ1v) is 12.3. The lowest BCUT2D eigenvalue weighted by Gasteiger charge is -2.43. The van der Waals surface area contributed by atoms with Gasteiger partial charge in [-0.1, -0.05) is 23.7 Å². The molecule has 1 saturated heterocycles. The van der Waals surface area contributed by atoms with Gasteiger partial charge in [0.15, 0.2) is 0 Å². The van der Waals surface area contributed by atoms with E-state index in [-0.39, 0.29) is 52.9 Å². The first-order chi connectivity index (χ1) is 15.6. The molecule has 34 heavy (non-hydrogen) atoms. The summed E-state index contributed by atoms with van der Waals surface area (Å²) in [5.74, 6) is 0. The van der Waals surface area contributed by atoms with Gasteiger partial charge >= 0.3 is 12.3 Å². The van der Waals surface area contributed by atoms with Crippen molar-refractivity contribution in [2.75, 3.05) is 31.9 Å². The molecule has 0 bridgehead atoms. The van der Waals surface area contributed by atoms with Gasteiger partial charge in [0.25, 0.3) is 0 Å². The van der Waals surface area contributed by atoms with Gasteiger partial charge in [0, 0.05) is 37.4 Å². The van der Waals surface area contributed by atoms with Crippen LogP contribution in [0.15, 0.2) is 41.3 Å². The normalized spacial score (nSPS) is 18.3. The lowest BCUT2D eigenvalue weighted by atomic mass is 9.98. The molecule has 3 rings (SSSR count). The van der Waals surface area contributed by atoms with Crippen molar-refractivity contribution in [1.29, 1.82) is 0 Å². The van der Waals surface area contributed by atoms with E-state index in [1.807, 2.05) is 0 Å². The number of hydrogen-bond donors (Lipinski definition) is 2. The molecule has 1 fully saturated rings. The van der Waals surface area contributed by atoms with Gasteiger partial charge in [0.1, 0.15) is 10.5 Å². The zero-order valence-corrected chi connectivity index (χ0v) is 20.5. The van der Waals surface area contributed by atoms with Crippen LogP contribution < -0.4 is 5.73 Å². The predicted molar refractivity (Wildman–Crippen MR) is 128 cm³/mol. The third kappa shape index (κ3) is 5.89. The van der Waals surface area contributed by atoms with Crippen molar-refractivity contribution < 1.29 is 31.8 Å². The number of ether oxygens (including phenoxy) is 1. The van der Waals surface area contributed by atoms with Crippen molar-refractivity contribution in [3.63, 3.8) is 0 Å². The fourth-order valence-corrected chi connectivity index (χ4v) is 5.41. The van der Waals surface area contributed by atoms with Gasteiger partial charge in [-0.3, -0.25) is 0 Å². The summed E-state index contributed by atoms with van der Waals surface area (Å²) in [6.07, 6.45) is -5.12. The standard InChI is InChI=1S/C22H27ClF3N3O4S/c1-21(2,3)33-20(30)28-8-10-29(11-9-28)34(31,32)16-6-4-14(5-7-16)19-17(22(24,25)26)12-15(27)13-18(19)23/h4-7,12-13,31-32H,8-11,27H2,1-3H3/p+1. The number of anilines is 1. The summed E-state index contributed by atoms with van der Waals surface area (Å²) in [5, 5.41) is -0.146. The van der Waals surface area contributed by atoms with Gasteiger partial charge in [0.05, 0.1) is 10.6 Å². The van der Waals surface area contributed by atoms with E-state index in [2.05, 4.69) is 0 Å². The van der Waals surface area contributed by atoms with Crippen LogP contribution in [0.25, 0.3) is 11.1 Å². The Hall–Kier alpha value is -2.18. The van der Waals surface area contributed by atoms with Gasteiger partial charge in [0.2, 0.25) is 0 Å². The Morgan fingerprint density at radius 1 is 1.12 bits per heavy atom. The maximum atomic E-state index is 13.6. The zero-order valence-electron chi connectivity index (χ0n) is 18.9. The molecule has 2 aromatic rings.